The first-order chi connectivity index (χ1) is 12.6. The van der Waals surface area contributed by atoms with Crippen molar-refractivity contribution in [2.24, 2.45) is 0 Å². The van der Waals surface area contributed by atoms with Gasteiger partial charge in [0.05, 0.1) is 10.5 Å². The Hall–Kier alpha value is -3.09. The predicted molar refractivity (Wildman–Crippen MR) is 99.4 cm³/mol. The molecule has 0 spiro atoms. The number of hydrogen-bond acceptors (Lipinski definition) is 5. The van der Waals surface area contributed by atoms with E-state index in [0.717, 1.165) is 31.6 Å². The van der Waals surface area contributed by atoms with E-state index in [9.17, 15) is 14.9 Å². The molecule has 0 aromatic heterocycles. The molecular formula is C19H20N4O3. The number of anilines is 2. The van der Waals surface area contributed by atoms with Gasteiger partial charge in [-0.3, -0.25) is 14.9 Å². The van der Waals surface area contributed by atoms with Gasteiger partial charge in [-0.25, -0.2) is 0 Å². The Balaban J connectivity index is 1.66. The molecule has 2 aromatic carbocycles. The fraction of sp³-hybridized carbons (Fsp3) is 0.316. The van der Waals surface area contributed by atoms with Crippen molar-refractivity contribution in [1.29, 1.82) is 0 Å². The largest absolute Gasteiger partial charge is 0.366 e. The highest BCUT2D eigenvalue weighted by atomic mass is 16.6. The van der Waals surface area contributed by atoms with Crippen molar-refractivity contribution in [3.8, 4) is 0 Å². The predicted octanol–water partition coefficient (Wildman–Crippen LogP) is 3.44. The second-order valence-electron chi connectivity index (χ2n) is 6.65. The summed E-state index contributed by atoms with van der Waals surface area (Å²) in [6, 6.07) is 12.4. The minimum atomic E-state index is -0.494. The van der Waals surface area contributed by atoms with Crippen molar-refractivity contribution in [1.82, 2.24) is 5.32 Å². The van der Waals surface area contributed by atoms with E-state index in [-0.39, 0.29) is 16.5 Å². The first kappa shape index (κ1) is 16.4. The number of rotatable bonds is 3. The van der Waals surface area contributed by atoms with Crippen molar-refractivity contribution >= 4 is 23.0 Å². The quantitative estimate of drug-likeness (QED) is 0.653. The third kappa shape index (κ3) is 2.96. The smallest absolute Gasteiger partial charge is 0.292 e. The van der Waals surface area contributed by atoms with Crippen LogP contribution in [0.5, 0.6) is 0 Å². The van der Waals surface area contributed by atoms with Crippen LogP contribution in [0.4, 0.5) is 17.1 Å². The molecule has 2 aliphatic rings. The van der Waals surface area contributed by atoms with Crippen LogP contribution in [-0.4, -0.2) is 23.9 Å². The molecule has 2 aliphatic heterocycles. The van der Waals surface area contributed by atoms with E-state index < -0.39 is 6.17 Å². The van der Waals surface area contributed by atoms with E-state index in [1.807, 2.05) is 18.2 Å². The molecule has 7 nitrogen and oxygen atoms in total. The summed E-state index contributed by atoms with van der Waals surface area (Å²) >= 11 is 0. The average Bonchev–Trinajstić information content (AvgIpc) is 2.68. The van der Waals surface area contributed by atoms with Crippen LogP contribution in [0.1, 0.15) is 41.3 Å². The lowest BCUT2D eigenvalue weighted by Crippen LogP contribution is -2.38. The van der Waals surface area contributed by atoms with E-state index >= 15 is 0 Å². The van der Waals surface area contributed by atoms with Gasteiger partial charge >= 0.3 is 0 Å². The number of para-hydroxylation sites is 1. The lowest BCUT2D eigenvalue weighted by Gasteiger charge is -2.30. The molecule has 4 rings (SSSR count). The Morgan fingerprint density at radius 2 is 1.81 bits per heavy atom. The molecule has 0 aliphatic carbocycles. The van der Waals surface area contributed by atoms with Crippen LogP contribution in [0.3, 0.4) is 0 Å². The van der Waals surface area contributed by atoms with Crippen LogP contribution in [-0.2, 0) is 0 Å². The molecule has 2 heterocycles. The molecule has 1 amide bonds. The molecule has 1 atom stereocenters. The summed E-state index contributed by atoms with van der Waals surface area (Å²) in [6.45, 7) is 1.68. The monoisotopic (exact) mass is 352 g/mol. The number of nitrogens with one attached hydrogen (secondary N) is 2. The van der Waals surface area contributed by atoms with Gasteiger partial charge in [-0.15, -0.1) is 0 Å². The highest BCUT2D eigenvalue weighted by Crippen LogP contribution is 2.34. The number of nitro benzene ring substituents is 1. The second-order valence-corrected chi connectivity index (χ2v) is 6.65. The van der Waals surface area contributed by atoms with E-state index in [1.54, 1.807) is 24.3 Å². The minimum absolute atomic E-state index is 0.0827. The van der Waals surface area contributed by atoms with Crippen LogP contribution in [0, 0.1) is 10.1 Å². The van der Waals surface area contributed by atoms with Crippen molar-refractivity contribution in [3.63, 3.8) is 0 Å². The van der Waals surface area contributed by atoms with E-state index in [2.05, 4.69) is 15.5 Å². The summed E-state index contributed by atoms with van der Waals surface area (Å²) in [7, 11) is 0. The van der Waals surface area contributed by atoms with Gasteiger partial charge in [-0.2, -0.15) is 0 Å². The van der Waals surface area contributed by atoms with Crippen LogP contribution in [0.25, 0.3) is 0 Å². The Morgan fingerprint density at radius 1 is 1.04 bits per heavy atom. The van der Waals surface area contributed by atoms with Crippen molar-refractivity contribution in [3.05, 3.63) is 63.7 Å². The lowest BCUT2D eigenvalue weighted by atomic mass is 10.0. The zero-order valence-electron chi connectivity index (χ0n) is 14.3. The van der Waals surface area contributed by atoms with Gasteiger partial charge in [-0.05, 0) is 37.5 Å². The van der Waals surface area contributed by atoms with E-state index in [0.29, 0.717) is 16.8 Å². The van der Waals surface area contributed by atoms with Crippen molar-refractivity contribution in [2.75, 3.05) is 23.3 Å². The maximum Gasteiger partial charge on any atom is 0.292 e. The maximum absolute atomic E-state index is 12.3. The van der Waals surface area contributed by atoms with Crippen LogP contribution < -0.4 is 15.5 Å². The van der Waals surface area contributed by atoms with E-state index in [1.165, 1.54) is 6.42 Å². The number of piperidine rings is 1. The maximum atomic E-state index is 12.3. The Morgan fingerprint density at radius 3 is 2.58 bits per heavy atom. The molecule has 26 heavy (non-hydrogen) atoms. The molecule has 7 heteroatoms. The topological polar surface area (TPSA) is 87.5 Å². The van der Waals surface area contributed by atoms with Gasteiger partial charge in [0.25, 0.3) is 11.6 Å². The van der Waals surface area contributed by atoms with Crippen molar-refractivity contribution < 1.29 is 9.72 Å². The Kier molecular flexibility index (Phi) is 4.20. The molecule has 1 unspecified atom stereocenters. The van der Waals surface area contributed by atoms with E-state index in [4.69, 9.17) is 0 Å². The molecule has 0 bridgehead atoms. The molecular weight excluding hydrogens is 332 g/mol. The average molecular weight is 352 g/mol. The highest BCUT2D eigenvalue weighted by Gasteiger charge is 2.27. The van der Waals surface area contributed by atoms with Crippen LogP contribution in [0.15, 0.2) is 42.5 Å². The van der Waals surface area contributed by atoms with Gasteiger partial charge in [0, 0.05) is 30.4 Å². The molecule has 2 N–H and O–H groups in total. The Labute approximate surface area is 151 Å². The number of benzene rings is 2. The standard InChI is InChI=1S/C19H20N4O3/c24-19-14-6-2-3-7-15(14)20-18(21-19)13-8-9-16(17(12-13)23(25)26)22-10-4-1-5-11-22/h2-3,6-9,12,18,20H,1,4-5,10-11H2,(H,21,24). The Bertz CT molecular complexity index is 862. The lowest BCUT2D eigenvalue weighted by molar-refractivity contribution is -0.384. The first-order valence-electron chi connectivity index (χ1n) is 8.83. The minimum Gasteiger partial charge on any atom is -0.366 e. The van der Waals surface area contributed by atoms with Crippen LogP contribution in [0.2, 0.25) is 0 Å². The highest BCUT2D eigenvalue weighted by molar-refractivity contribution is 6.01. The van der Waals surface area contributed by atoms with Gasteiger partial charge in [-0.1, -0.05) is 18.2 Å². The SMILES string of the molecule is O=C1NC(c2ccc(N3CCCCC3)c([N+](=O)[O-])c2)Nc2ccccc21. The zero-order valence-corrected chi connectivity index (χ0v) is 14.3. The molecule has 1 fully saturated rings. The summed E-state index contributed by atoms with van der Waals surface area (Å²) in [5.41, 5.74) is 2.70. The molecule has 1 saturated heterocycles. The fourth-order valence-corrected chi connectivity index (χ4v) is 3.64. The number of carbonyl (C=O) groups is 1. The number of hydrogen-bond donors (Lipinski definition) is 2. The van der Waals surface area contributed by atoms with Gasteiger partial charge < -0.3 is 15.5 Å². The van der Waals surface area contributed by atoms with Crippen molar-refractivity contribution in [2.45, 2.75) is 25.4 Å². The van der Waals surface area contributed by atoms with Gasteiger partial charge in [0.1, 0.15) is 11.9 Å². The third-order valence-corrected chi connectivity index (χ3v) is 4.97. The number of fused-ring (bicyclic) bond motifs is 1. The molecule has 2 aromatic rings. The number of amides is 1. The fourth-order valence-electron chi connectivity index (χ4n) is 3.64. The van der Waals surface area contributed by atoms with Gasteiger partial charge in [0.2, 0.25) is 0 Å². The van der Waals surface area contributed by atoms with Crippen LogP contribution >= 0.6 is 0 Å². The summed E-state index contributed by atoms with van der Waals surface area (Å²) in [5.74, 6) is -0.188. The molecule has 0 saturated carbocycles. The second kappa shape index (κ2) is 6.67. The molecule has 134 valence electrons. The zero-order chi connectivity index (χ0) is 18.1. The number of nitro groups is 1. The summed E-state index contributed by atoms with van der Waals surface area (Å²) < 4.78 is 0. The normalized spacial score (nSPS) is 19.3. The number of nitrogens with zero attached hydrogens (tertiary/aromatic N) is 2. The summed E-state index contributed by atoms with van der Waals surface area (Å²) in [6.07, 6.45) is 2.78. The third-order valence-electron chi connectivity index (χ3n) is 4.97. The van der Waals surface area contributed by atoms with Gasteiger partial charge in [0.15, 0.2) is 0 Å². The summed E-state index contributed by atoms with van der Waals surface area (Å²) in [5, 5.41) is 17.7. The number of carbonyl (C=O) groups excluding carboxylic acids is 1. The molecule has 0 radical (unpaired) electrons. The summed E-state index contributed by atoms with van der Waals surface area (Å²) in [4.78, 5) is 25.7. The first-order valence-corrected chi connectivity index (χ1v) is 8.83.